The van der Waals surface area contributed by atoms with Crippen molar-refractivity contribution in [2.45, 2.75) is 55.9 Å². The Morgan fingerprint density at radius 2 is 1.95 bits per heavy atom. The van der Waals surface area contributed by atoms with Gasteiger partial charge in [0.1, 0.15) is 11.6 Å². The fourth-order valence-corrected chi connectivity index (χ4v) is 4.50. The number of thiophene rings is 1. The van der Waals surface area contributed by atoms with Gasteiger partial charge in [0.25, 0.3) is 0 Å². The second kappa shape index (κ2) is 3.86. The summed E-state index contributed by atoms with van der Waals surface area (Å²) >= 11 is 7.85. The monoisotopic (exact) mass is 305 g/mol. The van der Waals surface area contributed by atoms with E-state index < -0.39 is 0 Å². The summed E-state index contributed by atoms with van der Waals surface area (Å²) in [5.74, 6) is 3.16. The molecule has 0 saturated heterocycles. The Morgan fingerprint density at radius 1 is 1.15 bits per heavy atom. The number of hydrogen-bond acceptors (Lipinski definition) is 3. The van der Waals surface area contributed by atoms with Crippen molar-refractivity contribution in [1.29, 1.82) is 0 Å². The van der Waals surface area contributed by atoms with Crippen molar-refractivity contribution in [3.63, 3.8) is 0 Å². The zero-order valence-corrected chi connectivity index (χ0v) is 12.8. The fourth-order valence-electron chi connectivity index (χ4n) is 3.22. The van der Waals surface area contributed by atoms with E-state index in [2.05, 4.69) is 20.8 Å². The Labute approximate surface area is 127 Å². The van der Waals surface area contributed by atoms with Gasteiger partial charge in [0.15, 0.2) is 0 Å². The molecule has 0 radical (unpaired) electrons. The van der Waals surface area contributed by atoms with Crippen LogP contribution in [0.5, 0.6) is 0 Å². The van der Waals surface area contributed by atoms with Gasteiger partial charge in [0, 0.05) is 16.8 Å². The summed E-state index contributed by atoms with van der Waals surface area (Å²) in [7, 11) is 0. The molecule has 0 unspecified atom stereocenters. The van der Waals surface area contributed by atoms with Crippen LogP contribution in [0.1, 0.15) is 67.0 Å². The van der Waals surface area contributed by atoms with Gasteiger partial charge in [0.2, 0.25) is 0 Å². The van der Waals surface area contributed by atoms with Gasteiger partial charge in [-0.05, 0) is 50.7 Å². The van der Waals surface area contributed by atoms with Crippen molar-refractivity contribution in [3.05, 3.63) is 33.0 Å². The summed E-state index contributed by atoms with van der Waals surface area (Å²) in [4.78, 5) is 1.37. The first kappa shape index (κ1) is 11.8. The number of hydrogen-bond donors (Lipinski definition) is 0. The molecule has 0 N–H and O–H groups in total. The van der Waals surface area contributed by atoms with Crippen LogP contribution in [0.3, 0.4) is 0 Å². The van der Waals surface area contributed by atoms with Crippen LogP contribution < -0.4 is 0 Å². The van der Waals surface area contributed by atoms with Crippen molar-refractivity contribution in [2.24, 2.45) is 0 Å². The third kappa shape index (κ3) is 1.64. The second-order valence-corrected chi connectivity index (χ2v) is 8.16. The van der Waals surface area contributed by atoms with E-state index in [0.29, 0.717) is 12.0 Å². The van der Waals surface area contributed by atoms with Crippen LogP contribution in [0.25, 0.3) is 0 Å². The molecular weight excluding hydrogens is 290 g/mol. The predicted molar refractivity (Wildman–Crippen MR) is 79.6 cm³/mol. The topological polar surface area (TPSA) is 30.7 Å². The first-order chi connectivity index (χ1) is 9.78. The van der Waals surface area contributed by atoms with Gasteiger partial charge in [-0.3, -0.25) is 0 Å². The molecule has 0 aliphatic heterocycles. The minimum atomic E-state index is 0.126. The Balaban J connectivity index is 1.64. The van der Waals surface area contributed by atoms with E-state index in [0.717, 1.165) is 4.34 Å². The van der Waals surface area contributed by atoms with Crippen LogP contribution in [-0.2, 0) is 5.41 Å². The molecule has 104 valence electrons. The highest BCUT2D eigenvalue weighted by molar-refractivity contribution is 7.16. The lowest BCUT2D eigenvalue weighted by Gasteiger charge is -2.16. The molecule has 0 amide bonds. The molecule has 0 atom stereocenters. The van der Waals surface area contributed by atoms with Crippen molar-refractivity contribution in [2.75, 3.05) is 0 Å². The minimum Gasteiger partial charge on any atom is -0.311 e. The summed E-state index contributed by atoms with van der Waals surface area (Å²) in [6, 6.07) is 4.87. The maximum atomic E-state index is 6.14. The molecule has 2 aromatic heterocycles. The summed E-state index contributed by atoms with van der Waals surface area (Å²) < 4.78 is 3.38. The van der Waals surface area contributed by atoms with Gasteiger partial charge in [0.05, 0.1) is 9.75 Å². The van der Waals surface area contributed by atoms with Crippen molar-refractivity contribution in [1.82, 2.24) is 14.8 Å². The van der Waals surface area contributed by atoms with Crippen LogP contribution >= 0.6 is 22.9 Å². The summed E-state index contributed by atoms with van der Waals surface area (Å²) in [5.41, 5.74) is 0.126. The number of aromatic nitrogens is 3. The van der Waals surface area contributed by atoms with E-state index in [-0.39, 0.29) is 5.41 Å². The van der Waals surface area contributed by atoms with Gasteiger partial charge in [-0.1, -0.05) is 11.6 Å². The SMILES string of the molecule is Clc1ccc(C2(c3nnc(C4CC4)n3C3CC3)CC2)s1. The lowest BCUT2D eigenvalue weighted by atomic mass is 10.0. The van der Waals surface area contributed by atoms with Gasteiger partial charge in [-0.15, -0.1) is 21.5 Å². The molecular formula is C15H16ClN3S. The van der Waals surface area contributed by atoms with E-state index in [1.54, 1.807) is 11.3 Å². The quantitative estimate of drug-likeness (QED) is 0.844. The van der Waals surface area contributed by atoms with E-state index in [1.807, 2.05) is 6.07 Å². The molecule has 2 heterocycles. The summed E-state index contributed by atoms with van der Waals surface area (Å²) in [6.45, 7) is 0. The van der Waals surface area contributed by atoms with E-state index in [4.69, 9.17) is 11.6 Å². The van der Waals surface area contributed by atoms with Gasteiger partial charge in [-0.25, -0.2) is 0 Å². The maximum Gasteiger partial charge on any atom is 0.144 e. The van der Waals surface area contributed by atoms with E-state index in [9.17, 15) is 0 Å². The third-order valence-electron chi connectivity index (χ3n) is 4.80. The highest BCUT2D eigenvalue weighted by Crippen LogP contribution is 2.57. The molecule has 3 saturated carbocycles. The second-order valence-electron chi connectivity index (χ2n) is 6.44. The first-order valence-electron chi connectivity index (χ1n) is 7.49. The van der Waals surface area contributed by atoms with E-state index in [1.165, 1.54) is 55.1 Å². The van der Waals surface area contributed by atoms with Gasteiger partial charge in [-0.2, -0.15) is 0 Å². The lowest BCUT2D eigenvalue weighted by molar-refractivity contribution is 0.609. The van der Waals surface area contributed by atoms with Crippen molar-refractivity contribution >= 4 is 22.9 Å². The number of nitrogens with zero attached hydrogens (tertiary/aromatic N) is 3. The normalized spacial score (nSPS) is 24.1. The highest BCUT2D eigenvalue weighted by atomic mass is 35.5. The third-order valence-corrected chi connectivity index (χ3v) is 6.23. The van der Waals surface area contributed by atoms with Crippen LogP contribution in [0, 0.1) is 0 Å². The van der Waals surface area contributed by atoms with Crippen molar-refractivity contribution < 1.29 is 0 Å². The Morgan fingerprint density at radius 3 is 2.50 bits per heavy atom. The van der Waals surface area contributed by atoms with Crippen molar-refractivity contribution in [3.8, 4) is 0 Å². The minimum absolute atomic E-state index is 0.126. The Kier molecular flexibility index (Phi) is 2.27. The predicted octanol–water partition coefficient (Wildman–Crippen LogP) is 4.29. The molecule has 0 bridgehead atoms. The molecule has 3 aliphatic carbocycles. The summed E-state index contributed by atoms with van der Waals surface area (Å²) in [5, 5.41) is 9.20. The lowest BCUT2D eigenvalue weighted by Crippen LogP contribution is -2.16. The Hall–Kier alpha value is -0.870. The molecule has 5 rings (SSSR count). The molecule has 5 heteroatoms. The molecule has 3 fully saturated rings. The molecule has 3 aliphatic rings. The molecule has 3 nitrogen and oxygen atoms in total. The molecule has 0 aromatic carbocycles. The molecule has 0 spiro atoms. The fraction of sp³-hybridized carbons (Fsp3) is 0.600. The maximum absolute atomic E-state index is 6.14. The zero-order valence-electron chi connectivity index (χ0n) is 11.2. The van der Waals surface area contributed by atoms with Gasteiger partial charge < -0.3 is 4.57 Å². The molecule has 2 aromatic rings. The zero-order chi connectivity index (χ0) is 13.3. The smallest absolute Gasteiger partial charge is 0.144 e. The largest absolute Gasteiger partial charge is 0.311 e. The van der Waals surface area contributed by atoms with E-state index >= 15 is 0 Å². The summed E-state index contributed by atoms with van der Waals surface area (Å²) in [6.07, 6.45) is 7.57. The Bertz CT molecular complexity index is 677. The molecule has 20 heavy (non-hydrogen) atoms. The standard InChI is InChI=1S/C15H16ClN3S/c16-12-6-5-11(20-12)15(7-8-15)14-18-17-13(9-1-2-9)19(14)10-3-4-10/h5-6,9-10H,1-4,7-8H2. The highest BCUT2D eigenvalue weighted by Gasteiger charge is 2.53. The van der Waals surface area contributed by atoms with Crippen LogP contribution in [0.2, 0.25) is 4.34 Å². The van der Waals surface area contributed by atoms with Gasteiger partial charge >= 0.3 is 0 Å². The van der Waals surface area contributed by atoms with Crippen LogP contribution in [-0.4, -0.2) is 14.8 Å². The van der Waals surface area contributed by atoms with Crippen LogP contribution in [0.15, 0.2) is 12.1 Å². The average Bonchev–Trinajstić information content (AvgIpc) is 3.34. The number of halogens is 1. The van der Waals surface area contributed by atoms with Crippen LogP contribution in [0.4, 0.5) is 0 Å². The number of rotatable bonds is 4. The average molecular weight is 306 g/mol. The first-order valence-corrected chi connectivity index (χ1v) is 8.68.